The first-order chi connectivity index (χ1) is 17.0. The summed E-state index contributed by atoms with van der Waals surface area (Å²) in [6.45, 7) is 2.05. The summed E-state index contributed by atoms with van der Waals surface area (Å²) in [7, 11) is 1.61. The number of hydrogen-bond acceptors (Lipinski definition) is 6. The number of methoxy groups -OCH3 is 1. The number of aliphatic hydroxyl groups is 2. The highest BCUT2D eigenvalue weighted by molar-refractivity contribution is 5.96. The maximum Gasteiger partial charge on any atom is 0.247 e. The molecule has 0 bridgehead atoms. The number of para-hydroxylation sites is 1. The number of nitrogens with zero attached hydrogens (tertiary/aromatic N) is 1. The van der Waals surface area contributed by atoms with Gasteiger partial charge in [-0.1, -0.05) is 37.3 Å². The van der Waals surface area contributed by atoms with Crippen LogP contribution < -0.4 is 14.8 Å². The number of nitrogens with one attached hydrogen (secondary N) is 1. The van der Waals surface area contributed by atoms with Crippen molar-refractivity contribution in [1.29, 1.82) is 0 Å². The van der Waals surface area contributed by atoms with Crippen molar-refractivity contribution in [3.63, 3.8) is 0 Å². The molecule has 0 saturated carbocycles. The van der Waals surface area contributed by atoms with Crippen LogP contribution >= 0.6 is 0 Å². The normalized spacial score (nSPS) is 22.3. The second kappa shape index (κ2) is 10.9. The third-order valence-electron chi connectivity index (χ3n) is 6.64. The summed E-state index contributed by atoms with van der Waals surface area (Å²) >= 11 is 0. The van der Waals surface area contributed by atoms with Crippen molar-refractivity contribution >= 4 is 11.8 Å². The lowest BCUT2D eigenvalue weighted by atomic mass is 9.77. The van der Waals surface area contributed by atoms with Crippen molar-refractivity contribution in [1.82, 2.24) is 10.2 Å². The molecule has 3 N–H and O–H groups in total. The van der Waals surface area contributed by atoms with Gasteiger partial charge in [-0.25, -0.2) is 0 Å². The maximum atomic E-state index is 13.1. The first-order valence-electron chi connectivity index (χ1n) is 11.9. The fraction of sp³-hybridized carbons (Fsp3) is 0.407. The summed E-state index contributed by atoms with van der Waals surface area (Å²) in [6.07, 6.45) is 0.782. The van der Waals surface area contributed by atoms with Crippen LogP contribution in [0.25, 0.3) is 0 Å². The van der Waals surface area contributed by atoms with E-state index in [9.17, 15) is 19.8 Å². The van der Waals surface area contributed by atoms with Crippen molar-refractivity contribution in [2.45, 2.75) is 43.9 Å². The molecule has 0 aromatic heterocycles. The zero-order valence-corrected chi connectivity index (χ0v) is 20.0. The molecule has 2 aliphatic rings. The number of carbonyl (C=O) groups excluding carboxylic acids is 2. The Labute approximate surface area is 205 Å². The van der Waals surface area contributed by atoms with E-state index in [-0.39, 0.29) is 31.4 Å². The molecule has 2 aromatic rings. The number of hydrogen-bond donors (Lipinski definition) is 3. The zero-order chi connectivity index (χ0) is 24.9. The molecule has 8 nitrogen and oxygen atoms in total. The molecule has 0 saturated heterocycles. The number of fused-ring (bicyclic) bond motifs is 3. The maximum absolute atomic E-state index is 13.1. The molecule has 1 aliphatic carbocycles. The lowest BCUT2D eigenvalue weighted by molar-refractivity contribution is -0.136. The number of amides is 2. The highest BCUT2D eigenvalue weighted by Crippen LogP contribution is 2.47. The SMILES string of the molecule is CCC(=O)N(CCc1cccc(OC)c1)[C@@H]1C=C(C(=O)NCCO)[C@@H]2c3ccccc3O[C@@H]2[C@H]1O. The largest absolute Gasteiger partial charge is 0.497 e. The molecule has 0 unspecified atom stereocenters. The Morgan fingerprint density at radius 3 is 2.71 bits per heavy atom. The molecule has 1 heterocycles. The van der Waals surface area contributed by atoms with Crippen LogP contribution in [0.3, 0.4) is 0 Å². The van der Waals surface area contributed by atoms with E-state index in [2.05, 4.69) is 5.32 Å². The molecular weight excluding hydrogens is 448 g/mol. The highest BCUT2D eigenvalue weighted by atomic mass is 16.5. The fourth-order valence-electron chi connectivity index (χ4n) is 4.91. The van der Waals surface area contributed by atoms with Gasteiger partial charge in [0, 0.05) is 30.6 Å². The van der Waals surface area contributed by atoms with E-state index >= 15 is 0 Å². The summed E-state index contributed by atoms with van der Waals surface area (Å²) in [6, 6.07) is 14.3. The average molecular weight is 481 g/mol. The monoisotopic (exact) mass is 480 g/mol. The molecule has 2 aromatic carbocycles. The Bertz CT molecular complexity index is 1100. The smallest absolute Gasteiger partial charge is 0.247 e. The van der Waals surface area contributed by atoms with E-state index in [1.807, 2.05) is 48.5 Å². The highest BCUT2D eigenvalue weighted by Gasteiger charge is 2.50. The van der Waals surface area contributed by atoms with Gasteiger partial charge in [-0.05, 0) is 36.3 Å². The van der Waals surface area contributed by atoms with E-state index in [1.165, 1.54) is 0 Å². The van der Waals surface area contributed by atoms with Crippen molar-refractivity contribution in [3.05, 3.63) is 71.3 Å². The van der Waals surface area contributed by atoms with E-state index in [0.29, 0.717) is 24.3 Å². The summed E-state index contributed by atoms with van der Waals surface area (Å²) in [5, 5.41) is 23.3. The number of aliphatic hydroxyl groups excluding tert-OH is 2. The van der Waals surface area contributed by atoms with Gasteiger partial charge in [0.25, 0.3) is 0 Å². The molecular formula is C27H32N2O6. The molecule has 35 heavy (non-hydrogen) atoms. The van der Waals surface area contributed by atoms with Gasteiger partial charge >= 0.3 is 0 Å². The first-order valence-corrected chi connectivity index (χ1v) is 11.9. The van der Waals surface area contributed by atoms with Crippen LogP contribution in [-0.4, -0.2) is 72.0 Å². The Balaban J connectivity index is 1.67. The summed E-state index contributed by atoms with van der Waals surface area (Å²) in [5.74, 6) is 0.414. The van der Waals surface area contributed by atoms with Gasteiger partial charge in [-0.15, -0.1) is 0 Å². The van der Waals surface area contributed by atoms with Crippen LogP contribution in [0.2, 0.25) is 0 Å². The van der Waals surface area contributed by atoms with E-state index in [1.54, 1.807) is 25.0 Å². The van der Waals surface area contributed by atoms with Crippen molar-refractivity contribution < 1.29 is 29.3 Å². The van der Waals surface area contributed by atoms with Crippen LogP contribution in [0.5, 0.6) is 11.5 Å². The van der Waals surface area contributed by atoms with Crippen molar-refractivity contribution in [2.24, 2.45) is 0 Å². The Morgan fingerprint density at radius 1 is 1.17 bits per heavy atom. The number of benzene rings is 2. The third kappa shape index (κ3) is 5.04. The second-order valence-electron chi connectivity index (χ2n) is 8.72. The minimum Gasteiger partial charge on any atom is -0.497 e. The lowest BCUT2D eigenvalue weighted by Gasteiger charge is -2.40. The molecule has 0 spiro atoms. The van der Waals surface area contributed by atoms with Gasteiger partial charge in [-0.2, -0.15) is 0 Å². The molecule has 186 valence electrons. The zero-order valence-electron chi connectivity index (χ0n) is 20.0. The number of carbonyl (C=O) groups is 2. The molecule has 0 radical (unpaired) electrons. The van der Waals surface area contributed by atoms with Crippen LogP contribution in [-0.2, 0) is 16.0 Å². The minimum absolute atomic E-state index is 0.108. The van der Waals surface area contributed by atoms with Crippen LogP contribution in [0.15, 0.2) is 60.2 Å². The summed E-state index contributed by atoms with van der Waals surface area (Å²) in [4.78, 5) is 27.8. The van der Waals surface area contributed by atoms with Crippen LogP contribution in [0, 0.1) is 0 Å². The van der Waals surface area contributed by atoms with Gasteiger partial charge in [0.05, 0.1) is 25.7 Å². The van der Waals surface area contributed by atoms with Crippen molar-refractivity contribution in [2.75, 3.05) is 26.8 Å². The second-order valence-corrected chi connectivity index (χ2v) is 8.72. The van der Waals surface area contributed by atoms with Crippen LogP contribution in [0.4, 0.5) is 0 Å². The van der Waals surface area contributed by atoms with Gasteiger partial charge in [-0.3, -0.25) is 9.59 Å². The number of ether oxygens (including phenoxy) is 2. The van der Waals surface area contributed by atoms with E-state index < -0.39 is 24.2 Å². The quantitative estimate of drug-likeness (QED) is 0.505. The van der Waals surface area contributed by atoms with E-state index in [0.717, 1.165) is 16.9 Å². The summed E-state index contributed by atoms with van der Waals surface area (Å²) < 4.78 is 11.4. The van der Waals surface area contributed by atoms with Crippen LogP contribution in [0.1, 0.15) is 30.4 Å². The van der Waals surface area contributed by atoms with Gasteiger partial charge in [0.1, 0.15) is 23.7 Å². The van der Waals surface area contributed by atoms with Gasteiger partial charge < -0.3 is 29.9 Å². The minimum atomic E-state index is -1.03. The van der Waals surface area contributed by atoms with E-state index in [4.69, 9.17) is 9.47 Å². The Kier molecular flexibility index (Phi) is 7.73. The molecule has 0 fully saturated rings. The van der Waals surface area contributed by atoms with Gasteiger partial charge in [0.2, 0.25) is 11.8 Å². The molecule has 4 atom stereocenters. The standard InChI is InChI=1S/C27H32N2O6/c1-3-23(31)29(13-11-17-7-6-8-18(15-17)34-2)21-16-20(27(33)28-12-14-30)24-19-9-4-5-10-22(19)35-26(24)25(21)32/h4-10,15-16,21,24-26,30,32H,3,11-14H2,1-2H3,(H,28,33)/t21-,24+,25+,26+/m1/s1. The van der Waals surface area contributed by atoms with Crippen molar-refractivity contribution in [3.8, 4) is 11.5 Å². The molecule has 1 aliphatic heterocycles. The fourth-order valence-corrected chi connectivity index (χ4v) is 4.91. The number of rotatable bonds is 9. The third-order valence-corrected chi connectivity index (χ3v) is 6.64. The molecule has 4 rings (SSSR count). The molecule has 8 heteroatoms. The predicted molar refractivity (Wildman–Crippen MR) is 130 cm³/mol. The predicted octanol–water partition coefficient (Wildman–Crippen LogP) is 1.80. The molecule has 2 amide bonds. The first kappa shape index (κ1) is 24.8. The Morgan fingerprint density at radius 2 is 1.97 bits per heavy atom. The average Bonchev–Trinajstić information content (AvgIpc) is 3.28. The topological polar surface area (TPSA) is 108 Å². The lowest BCUT2D eigenvalue weighted by Crippen LogP contribution is -2.56. The van der Waals surface area contributed by atoms with Gasteiger partial charge in [0.15, 0.2) is 0 Å². The Hall–Kier alpha value is -3.36. The summed E-state index contributed by atoms with van der Waals surface area (Å²) in [5.41, 5.74) is 2.25.